The van der Waals surface area contributed by atoms with Crippen molar-refractivity contribution in [2.45, 2.75) is 12.8 Å². The summed E-state index contributed by atoms with van der Waals surface area (Å²) in [5.74, 6) is 1.01. The first-order valence-electron chi connectivity index (χ1n) is 8.76. The number of fused-ring (bicyclic) bond motifs is 2. The third-order valence-corrected chi connectivity index (χ3v) is 4.71. The van der Waals surface area contributed by atoms with Gasteiger partial charge >= 0.3 is 0 Å². The Labute approximate surface area is 161 Å². The van der Waals surface area contributed by atoms with Gasteiger partial charge in [0.2, 0.25) is 5.88 Å². The molecule has 0 unspecified atom stereocenters. The molecule has 0 radical (unpaired) electrons. The topological polar surface area (TPSA) is 127 Å². The minimum Gasteiger partial charge on any atom is -0.508 e. The number of aromatic nitrogens is 1. The normalized spacial score (nSPS) is 14.4. The summed E-state index contributed by atoms with van der Waals surface area (Å²) in [6.07, 6.45) is 0. The van der Waals surface area contributed by atoms with Crippen LogP contribution in [0.25, 0.3) is 0 Å². The lowest BCUT2D eigenvalue weighted by Crippen LogP contribution is -2.18. The molecule has 1 aliphatic heterocycles. The summed E-state index contributed by atoms with van der Waals surface area (Å²) < 4.78 is 11.7. The summed E-state index contributed by atoms with van der Waals surface area (Å²) in [6, 6.07) is 14.5. The van der Waals surface area contributed by atoms with Gasteiger partial charge in [0.25, 0.3) is 0 Å². The van der Waals surface area contributed by atoms with Crippen molar-refractivity contribution in [2.75, 3.05) is 18.1 Å². The summed E-state index contributed by atoms with van der Waals surface area (Å²) in [7, 11) is 0. The zero-order valence-electron chi connectivity index (χ0n) is 15.1. The number of nitriles is 1. The number of hydrogen-bond acceptors (Lipinski definition) is 7. The highest BCUT2D eigenvalue weighted by molar-refractivity contribution is 5.76. The number of pyridine rings is 1. The van der Waals surface area contributed by atoms with E-state index in [1.54, 1.807) is 12.1 Å². The van der Waals surface area contributed by atoms with E-state index in [2.05, 4.69) is 4.98 Å². The van der Waals surface area contributed by atoms with Crippen molar-refractivity contribution in [3.05, 3.63) is 64.7 Å². The highest BCUT2D eigenvalue weighted by atomic mass is 16.5. The second-order valence-corrected chi connectivity index (χ2v) is 6.34. The van der Waals surface area contributed by atoms with E-state index in [9.17, 15) is 10.4 Å². The van der Waals surface area contributed by atoms with Gasteiger partial charge in [-0.3, -0.25) is 0 Å². The standard InChI is InChI=1S/C21H18N4O3/c1-2-27-15-6-4-3-5-12(15)17-13-8-7-11(26)9-16(13)28-21-18(17)19(23)14(10-22)20(24)25-21/h3-9,17,26H,2H2,1H3,(H4,23,24,25)/t17-/m0/s1. The van der Waals surface area contributed by atoms with Gasteiger partial charge in [-0.25, -0.2) is 0 Å². The number of benzene rings is 2. The lowest BCUT2D eigenvalue weighted by atomic mass is 9.81. The van der Waals surface area contributed by atoms with Crippen LogP contribution in [0.15, 0.2) is 42.5 Å². The molecular formula is C21H18N4O3. The fourth-order valence-corrected chi connectivity index (χ4v) is 3.53. The zero-order chi connectivity index (χ0) is 19.8. The number of aromatic hydroxyl groups is 1. The van der Waals surface area contributed by atoms with Crippen LogP contribution in [0.5, 0.6) is 23.1 Å². The third kappa shape index (κ3) is 2.63. The van der Waals surface area contributed by atoms with Crippen molar-refractivity contribution >= 4 is 11.5 Å². The van der Waals surface area contributed by atoms with Crippen molar-refractivity contribution < 1.29 is 14.6 Å². The molecule has 0 spiro atoms. The highest BCUT2D eigenvalue weighted by Crippen LogP contribution is 2.52. The monoisotopic (exact) mass is 374 g/mol. The molecule has 1 aromatic heterocycles. The van der Waals surface area contributed by atoms with Gasteiger partial charge in [0, 0.05) is 23.1 Å². The number of nitrogens with two attached hydrogens (primary N) is 2. The van der Waals surface area contributed by atoms with E-state index in [0.29, 0.717) is 23.7 Å². The number of phenols is 1. The molecule has 5 N–H and O–H groups in total. The van der Waals surface area contributed by atoms with Crippen molar-refractivity contribution in [3.8, 4) is 29.2 Å². The summed E-state index contributed by atoms with van der Waals surface area (Å²) >= 11 is 0. The minimum atomic E-state index is -0.401. The quantitative estimate of drug-likeness (QED) is 0.500. The van der Waals surface area contributed by atoms with E-state index in [-0.39, 0.29) is 28.7 Å². The molecule has 1 aliphatic rings. The Balaban J connectivity index is 2.05. The average molecular weight is 374 g/mol. The summed E-state index contributed by atoms with van der Waals surface area (Å²) in [6.45, 7) is 2.40. The van der Waals surface area contributed by atoms with Gasteiger partial charge in [0.15, 0.2) is 0 Å². The van der Waals surface area contributed by atoms with Gasteiger partial charge in [-0.05, 0) is 19.1 Å². The van der Waals surface area contributed by atoms with E-state index >= 15 is 0 Å². The molecule has 0 amide bonds. The van der Waals surface area contributed by atoms with Crippen LogP contribution in [-0.2, 0) is 0 Å². The molecule has 3 aromatic rings. The van der Waals surface area contributed by atoms with E-state index in [0.717, 1.165) is 11.1 Å². The Kier molecular flexibility index (Phi) is 4.17. The molecule has 2 heterocycles. The summed E-state index contributed by atoms with van der Waals surface area (Å²) in [5.41, 5.74) is 14.8. The second kappa shape index (κ2) is 6.67. The largest absolute Gasteiger partial charge is 0.508 e. The van der Waals surface area contributed by atoms with Crippen LogP contribution in [0, 0.1) is 11.3 Å². The number of para-hydroxylation sites is 1. The van der Waals surface area contributed by atoms with E-state index < -0.39 is 5.92 Å². The first-order valence-corrected chi connectivity index (χ1v) is 8.76. The number of nitrogens with zero attached hydrogens (tertiary/aromatic N) is 2. The number of ether oxygens (including phenoxy) is 2. The second-order valence-electron chi connectivity index (χ2n) is 6.34. The van der Waals surface area contributed by atoms with Crippen LogP contribution < -0.4 is 20.9 Å². The van der Waals surface area contributed by atoms with Gasteiger partial charge in [-0.1, -0.05) is 24.3 Å². The van der Waals surface area contributed by atoms with Crippen molar-refractivity contribution in [1.82, 2.24) is 4.98 Å². The number of phenolic OH excluding ortho intramolecular Hbond substituents is 1. The van der Waals surface area contributed by atoms with E-state index in [1.807, 2.05) is 37.3 Å². The van der Waals surface area contributed by atoms with E-state index in [1.165, 1.54) is 6.07 Å². The smallest absolute Gasteiger partial charge is 0.227 e. The van der Waals surface area contributed by atoms with Gasteiger partial charge in [-0.2, -0.15) is 10.2 Å². The average Bonchev–Trinajstić information content (AvgIpc) is 2.67. The van der Waals surface area contributed by atoms with Crippen LogP contribution in [0.1, 0.15) is 35.1 Å². The molecule has 0 bridgehead atoms. The molecule has 1 atom stereocenters. The molecule has 4 rings (SSSR count). The minimum absolute atomic E-state index is 0.000744. The number of nitrogen functional groups attached to an aromatic ring is 2. The van der Waals surface area contributed by atoms with Crippen molar-refractivity contribution in [3.63, 3.8) is 0 Å². The Hall–Kier alpha value is -3.92. The molecule has 0 fully saturated rings. The number of hydrogen-bond donors (Lipinski definition) is 3. The molecular weight excluding hydrogens is 356 g/mol. The Morgan fingerprint density at radius 3 is 2.75 bits per heavy atom. The summed E-state index contributed by atoms with van der Waals surface area (Å²) in [4.78, 5) is 4.26. The van der Waals surface area contributed by atoms with Crippen LogP contribution >= 0.6 is 0 Å². The molecule has 140 valence electrons. The fourth-order valence-electron chi connectivity index (χ4n) is 3.53. The van der Waals surface area contributed by atoms with Crippen LogP contribution in [0.2, 0.25) is 0 Å². The molecule has 2 aromatic carbocycles. The lowest BCUT2D eigenvalue weighted by Gasteiger charge is -2.30. The molecule has 0 saturated heterocycles. The first kappa shape index (κ1) is 17.5. The first-order chi connectivity index (χ1) is 13.5. The zero-order valence-corrected chi connectivity index (χ0v) is 15.1. The van der Waals surface area contributed by atoms with Crippen molar-refractivity contribution in [1.29, 1.82) is 5.26 Å². The Bertz CT molecular complexity index is 1120. The maximum Gasteiger partial charge on any atom is 0.227 e. The fraction of sp³-hybridized carbons (Fsp3) is 0.143. The van der Waals surface area contributed by atoms with Crippen molar-refractivity contribution in [2.24, 2.45) is 0 Å². The third-order valence-electron chi connectivity index (χ3n) is 4.71. The van der Waals surface area contributed by atoms with Gasteiger partial charge in [0.1, 0.15) is 34.7 Å². The molecule has 28 heavy (non-hydrogen) atoms. The number of anilines is 2. The van der Waals surface area contributed by atoms with Crippen LogP contribution in [0.3, 0.4) is 0 Å². The predicted molar refractivity (Wildman–Crippen MR) is 105 cm³/mol. The maximum absolute atomic E-state index is 9.91. The van der Waals surface area contributed by atoms with Gasteiger partial charge < -0.3 is 26.0 Å². The highest BCUT2D eigenvalue weighted by Gasteiger charge is 2.35. The molecule has 7 heteroatoms. The van der Waals surface area contributed by atoms with Gasteiger partial charge in [-0.15, -0.1) is 0 Å². The predicted octanol–water partition coefficient (Wildman–Crippen LogP) is 3.51. The number of rotatable bonds is 3. The SMILES string of the molecule is CCOc1ccccc1[C@H]1c2ccc(O)cc2Oc2nc(N)c(C#N)c(N)c21. The Morgan fingerprint density at radius 2 is 2.00 bits per heavy atom. The van der Waals surface area contributed by atoms with Gasteiger partial charge in [0.05, 0.1) is 17.9 Å². The molecule has 7 nitrogen and oxygen atoms in total. The van der Waals surface area contributed by atoms with Crippen LogP contribution in [0.4, 0.5) is 11.5 Å². The Morgan fingerprint density at radius 1 is 1.21 bits per heavy atom. The van der Waals surface area contributed by atoms with Crippen LogP contribution in [-0.4, -0.2) is 16.7 Å². The van der Waals surface area contributed by atoms with E-state index in [4.69, 9.17) is 20.9 Å². The lowest BCUT2D eigenvalue weighted by molar-refractivity contribution is 0.335. The maximum atomic E-state index is 9.91. The summed E-state index contributed by atoms with van der Waals surface area (Å²) in [5, 5.41) is 19.4. The molecule has 0 aliphatic carbocycles. The molecule has 0 saturated carbocycles.